The minimum Gasteiger partial charge on any atom is -0.345 e. The van der Waals surface area contributed by atoms with E-state index in [-0.39, 0.29) is 16.8 Å². The summed E-state index contributed by atoms with van der Waals surface area (Å²) in [5.74, 6) is 0.165. The molecule has 7 nitrogen and oxygen atoms in total. The molecule has 2 heterocycles. The van der Waals surface area contributed by atoms with Crippen molar-refractivity contribution in [1.29, 1.82) is 0 Å². The Balaban J connectivity index is 2.12. The Morgan fingerprint density at radius 2 is 1.88 bits per heavy atom. The second-order valence-electron chi connectivity index (χ2n) is 7.56. The fraction of sp³-hybridized carbons (Fsp3) is 0.722. The van der Waals surface area contributed by atoms with E-state index in [1.54, 1.807) is 23.6 Å². The van der Waals surface area contributed by atoms with Crippen molar-refractivity contribution in [2.75, 3.05) is 26.7 Å². The molecular weight excluding hydrogens is 352 g/mol. The molecule has 1 aliphatic heterocycles. The van der Waals surface area contributed by atoms with E-state index in [0.29, 0.717) is 37.7 Å². The third-order valence-corrected chi connectivity index (χ3v) is 7.02. The molecule has 1 aliphatic rings. The van der Waals surface area contributed by atoms with E-state index in [9.17, 15) is 13.2 Å². The van der Waals surface area contributed by atoms with E-state index < -0.39 is 10.0 Å². The molecule has 0 saturated carbocycles. The summed E-state index contributed by atoms with van der Waals surface area (Å²) in [6, 6.07) is 1.53. The lowest BCUT2D eigenvalue weighted by Gasteiger charge is -2.25. The van der Waals surface area contributed by atoms with Gasteiger partial charge in [-0.2, -0.15) is 4.31 Å². The number of aryl methyl sites for hydroxylation is 1. The molecule has 2 rings (SSSR count). The molecule has 148 valence electrons. The van der Waals surface area contributed by atoms with Crippen molar-refractivity contribution in [2.24, 2.45) is 18.7 Å². The van der Waals surface area contributed by atoms with Crippen molar-refractivity contribution in [3.8, 4) is 0 Å². The van der Waals surface area contributed by atoms with Crippen molar-refractivity contribution in [1.82, 2.24) is 13.8 Å². The molecular formula is C18H32N4O3S. The van der Waals surface area contributed by atoms with E-state index in [1.807, 2.05) is 0 Å². The maximum Gasteiger partial charge on any atom is 0.270 e. The molecule has 26 heavy (non-hydrogen) atoms. The lowest BCUT2D eigenvalue weighted by Crippen LogP contribution is -2.35. The predicted octanol–water partition coefficient (Wildman–Crippen LogP) is 1.65. The first-order chi connectivity index (χ1) is 12.1. The van der Waals surface area contributed by atoms with Crippen molar-refractivity contribution in [3.05, 3.63) is 18.0 Å². The molecule has 1 amide bonds. The number of hydrogen-bond donors (Lipinski definition) is 1. The minimum atomic E-state index is -3.54. The molecule has 1 aromatic heterocycles. The summed E-state index contributed by atoms with van der Waals surface area (Å²) in [6.45, 7) is 5.75. The van der Waals surface area contributed by atoms with Gasteiger partial charge in [-0.15, -0.1) is 0 Å². The van der Waals surface area contributed by atoms with E-state index in [0.717, 1.165) is 19.3 Å². The molecule has 1 atom stereocenters. The largest absolute Gasteiger partial charge is 0.345 e. The first kappa shape index (κ1) is 20.9. The quantitative estimate of drug-likeness (QED) is 0.774. The zero-order valence-electron chi connectivity index (χ0n) is 16.3. The molecule has 1 aromatic rings. The highest BCUT2D eigenvalue weighted by molar-refractivity contribution is 7.89. The van der Waals surface area contributed by atoms with Crippen molar-refractivity contribution < 1.29 is 13.2 Å². The Hall–Kier alpha value is -1.38. The highest BCUT2D eigenvalue weighted by atomic mass is 32.2. The van der Waals surface area contributed by atoms with Crippen LogP contribution >= 0.6 is 0 Å². The van der Waals surface area contributed by atoms with Crippen molar-refractivity contribution in [2.45, 2.75) is 50.5 Å². The predicted molar refractivity (Wildman–Crippen MR) is 102 cm³/mol. The van der Waals surface area contributed by atoms with Gasteiger partial charge in [0.15, 0.2) is 0 Å². The lowest BCUT2D eigenvalue weighted by molar-refractivity contribution is 0.0779. The summed E-state index contributed by atoms with van der Waals surface area (Å²) in [5, 5.41) is 0. The van der Waals surface area contributed by atoms with E-state index >= 15 is 0 Å². The first-order valence-electron chi connectivity index (χ1n) is 9.32. The second-order valence-corrected chi connectivity index (χ2v) is 9.50. The molecule has 1 fully saturated rings. The number of aromatic nitrogens is 1. The van der Waals surface area contributed by atoms with Crippen LogP contribution in [0.3, 0.4) is 0 Å². The van der Waals surface area contributed by atoms with Gasteiger partial charge in [-0.05, 0) is 31.2 Å². The zero-order valence-corrected chi connectivity index (χ0v) is 17.1. The van der Waals surface area contributed by atoms with Crippen LogP contribution in [0.15, 0.2) is 17.2 Å². The van der Waals surface area contributed by atoms with E-state index in [4.69, 9.17) is 5.73 Å². The Kier molecular flexibility index (Phi) is 6.87. The number of sulfonamides is 1. The van der Waals surface area contributed by atoms with Gasteiger partial charge in [0.1, 0.15) is 10.6 Å². The summed E-state index contributed by atoms with van der Waals surface area (Å²) in [6.07, 6.45) is 5.08. The summed E-state index contributed by atoms with van der Waals surface area (Å²) in [5.41, 5.74) is 6.43. The monoisotopic (exact) mass is 384 g/mol. The normalized spacial score (nSPS) is 17.5. The smallest absolute Gasteiger partial charge is 0.270 e. The molecule has 0 bridgehead atoms. The molecule has 0 aliphatic carbocycles. The standard InChI is InChI=1S/C18H32N4O3S/c1-14(2)16(19)8-11-20(3)18(23)17-12-15(13-21(17)4)26(24,25)22-9-6-5-7-10-22/h12-14,16H,5-11,19H2,1-4H3. The second kappa shape index (κ2) is 8.54. The molecule has 2 N–H and O–H groups in total. The van der Waals surface area contributed by atoms with Gasteiger partial charge in [0.25, 0.3) is 5.91 Å². The van der Waals surface area contributed by atoms with Crippen LogP contribution in [-0.2, 0) is 17.1 Å². The van der Waals surface area contributed by atoms with Gasteiger partial charge in [0, 0.05) is 46.0 Å². The molecule has 1 unspecified atom stereocenters. The average Bonchev–Trinajstić information content (AvgIpc) is 3.01. The number of carbonyl (C=O) groups is 1. The van der Waals surface area contributed by atoms with Crippen molar-refractivity contribution >= 4 is 15.9 Å². The molecule has 0 radical (unpaired) electrons. The molecule has 8 heteroatoms. The number of hydrogen-bond acceptors (Lipinski definition) is 4. The van der Waals surface area contributed by atoms with Crippen LogP contribution in [0, 0.1) is 5.92 Å². The number of carbonyl (C=O) groups excluding carboxylic acids is 1. The van der Waals surface area contributed by atoms with Crippen LogP contribution < -0.4 is 5.73 Å². The highest BCUT2D eigenvalue weighted by Crippen LogP contribution is 2.22. The van der Waals surface area contributed by atoms with Gasteiger partial charge in [-0.3, -0.25) is 4.79 Å². The van der Waals surface area contributed by atoms with Gasteiger partial charge >= 0.3 is 0 Å². The minimum absolute atomic E-state index is 0.0358. The van der Waals surface area contributed by atoms with E-state index in [1.165, 1.54) is 16.6 Å². The Morgan fingerprint density at radius 1 is 1.27 bits per heavy atom. The van der Waals surface area contributed by atoms with Gasteiger partial charge in [0.2, 0.25) is 10.0 Å². The Labute approximate surface area is 157 Å². The number of nitrogens with two attached hydrogens (primary N) is 1. The fourth-order valence-corrected chi connectivity index (χ4v) is 4.70. The third kappa shape index (κ3) is 4.66. The van der Waals surface area contributed by atoms with Crippen LogP contribution in [-0.4, -0.2) is 60.8 Å². The number of piperidine rings is 1. The van der Waals surface area contributed by atoms with Crippen LogP contribution in [0.25, 0.3) is 0 Å². The van der Waals surface area contributed by atoms with Gasteiger partial charge in [-0.25, -0.2) is 8.42 Å². The number of amides is 1. The summed E-state index contributed by atoms with van der Waals surface area (Å²) in [4.78, 5) is 14.5. The Morgan fingerprint density at radius 3 is 2.46 bits per heavy atom. The number of rotatable bonds is 7. The topological polar surface area (TPSA) is 88.6 Å². The third-order valence-electron chi connectivity index (χ3n) is 5.15. The van der Waals surface area contributed by atoms with Gasteiger partial charge in [-0.1, -0.05) is 20.3 Å². The zero-order chi connectivity index (χ0) is 19.5. The summed E-state index contributed by atoms with van der Waals surface area (Å²) < 4.78 is 28.7. The summed E-state index contributed by atoms with van der Waals surface area (Å²) in [7, 11) is -0.110. The molecule has 0 spiro atoms. The Bertz CT molecular complexity index is 721. The lowest BCUT2D eigenvalue weighted by atomic mass is 10.0. The van der Waals surface area contributed by atoms with Gasteiger partial charge < -0.3 is 15.2 Å². The van der Waals surface area contributed by atoms with Crippen LogP contribution in [0.5, 0.6) is 0 Å². The van der Waals surface area contributed by atoms with Gasteiger partial charge in [0.05, 0.1) is 0 Å². The highest BCUT2D eigenvalue weighted by Gasteiger charge is 2.29. The average molecular weight is 385 g/mol. The van der Waals surface area contributed by atoms with E-state index in [2.05, 4.69) is 13.8 Å². The first-order valence-corrected chi connectivity index (χ1v) is 10.8. The maximum atomic E-state index is 12.8. The summed E-state index contributed by atoms with van der Waals surface area (Å²) >= 11 is 0. The maximum absolute atomic E-state index is 12.8. The number of nitrogens with zero attached hydrogens (tertiary/aromatic N) is 3. The molecule has 1 saturated heterocycles. The van der Waals surface area contributed by atoms with Crippen LogP contribution in [0.1, 0.15) is 50.0 Å². The SMILES string of the molecule is CC(C)C(N)CCN(C)C(=O)c1cc(S(=O)(=O)N2CCCCC2)cn1C. The molecule has 0 aromatic carbocycles. The van der Waals surface area contributed by atoms with Crippen molar-refractivity contribution in [3.63, 3.8) is 0 Å². The van der Waals surface area contributed by atoms with Crippen LogP contribution in [0.4, 0.5) is 0 Å². The fourth-order valence-electron chi connectivity index (χ4n) is 3.12. The van der Waals surface area contributed by atoms with Crippen LogP contribution in [0.2, 0.25) is 0 Å².